The minimum absolute atomic E-state index is 0.0324. The van der Waals surface area contributed by atoms with Crippen molar-refractivity contribution in [3.8, 4) is 11.8 Å². The number of halogens is 3. The number of benzene rings is 2. The van der Waals surface area contributed by atoms with E-state index in [2.05, 4.69) is 0 Å². The average Bonchev–Trinajstić information content (AvgIpc) is 2.81. The van der Waals surface area contributed by atoms with Crippen LogP contribution in [0.15, 0.2) is 30.3 Å². The third kappa shape index (κ3) is 2.21. The van der Waals surface area contributed by atoms with Gasteiger partial charge in [0.15, 0.2) is 0 Å². The molecule has 3 rings (SSSR count). The number of hydrogen-bond donors (Lipinski definition) is 0. The fourth-order valence-corrected chi connectivity index (χ4v) is 2.47. The molecule has 1 aliphatic rings. The molecule has 1 atom stereocenters. The van der Waals surface area contributed by atoms with Crippen molar-refractivity contribution in [2.45, 2.75) is 12.5 Å². The first kappa shape index (κ1) is 12.9. The predicted octanol–water partition coefficient (Wildman–Crippen LogP) is 4.17. The van der Waals surface area contributed by atoms with E-state index in [0.29, 0.717) is 17.7 Å². The molecule has 0 radical (unpaired) electrons. The Hall–Kier alpha value is -2.12. The molecule has 2 nitrogen and oxygen atoms in total. The molecule has 5 heteroatoms. The molecular formula is C15H8ClF2NO. The first-order valence-corrected chi connectivity index (χ1v) is 6.30. The van der Waals surface area contributed by atoms with Gasteiger partial charge in [-0.05, 0) is 35.4 Å². The molecule has 2 aromatic carbocycles. The third-order valence-electron chi connectivity index (χ3n) is 3.20. The molecule has 1 aliphatic heterocycles. The minimum Gasteiger partial charge on any atom is -0.485 e. The van der Waals surface area contributed by atoms with Gasteiger partial charge in [0.05, 0.1) is 16.7 Å². The summed E-state index contributed by atoms with van der Waals surface area (Å²) < 4.78 is 32.4. The van der Waals surface area contributed by atoms with E-state index in [4.69, 9.17) is 21.6 Å². The summed E-state index contributed by atoms with van der Waals surface area (Å²) in [7, 11) is 0. The molecular weight excluding hydrogens is 284 g/mol. The molecule has 0 amide bonds. The Balaban J connectivity index is 1.96. The number of ether oxygens (including phenoxy) is 1. The van der Waals surface area contributed by atoms with Crippen LogP contribution in [0.1, 0.15) is 22.8 Å². The van der Waals surface area contributed by atoms with E-state index in [9.17, 15) is 8.78 Å². The maximum absolute atomic E-state index is 13.4. The first-order chi connectivity index (χ1) is 9.56. The summed E-state index contributed by atoms with van der Waals surface area (Å²) in [6.45, 7) is 0. The Labute approximate surface area is 119 Å². The van der Waals surface area contributed by atoms with Crippen LogP contribution in [0.5, 0.6) is 5.75 Å². The van der Waals surface area contributed by atoms with Crippen molar-refractivity contribution in [2.24, 2.45) is 0 Å². The number of hydrogen-bond acceptors (Lipinski definition) is 2. The molecule has 0 aliphatic carbocycles. The number of nitrogens with zero attached hydrogens (tertiary/aromatic N) is 1. The Bertz CT molecular complexity index is 708. The van der Waals surface area contributed by atoms with Crippen molar-refractivity contribution in [3.05, 3.63) is 63.7 Å². The highest BCUT2D eigenvalue weighted by Gasteiger charge is 2.26. The van der Waals surface area contributed by atoms with E-state index in [1.807, 2.05) is 6.07 Å². The normalized spacial score (nSPS) is 16.4. The number of rotatable bonds is 1. The van der Waals surface area contributed by atoms with E-state index < -0.39 is 17.7 Å². The van der Waals surface area contributed by atoms with Gasteiger partial charge >= 0.3 is 0 Å². The third-order valence-corrected chi connectivity index (χ3v) is 3.49. The fourth-order valence-electron chi connectivity index (χ4n) is 2.28. The van der Waals surface area contributed by atoms with Crippen LogP contribution in [-0.4, -0.2) is 0 Å². The Morgan fingerprint density at radius 2 is 2.00 bits per heavy atom. The molecule has 0 aromatic heterocycles. The van der Waals surface area contributed by atoms with Gasteiger partial charge in [-0.1, -0.05) is 11.6 Å². The Morgan fingerprint density at radius 3 is 2.75 bits per heavy atom. The van der Waals surface area contributed by atoms with E-state index >= 15 is 0 Å². The van der Waals surface area contributed by atoms with Crippen molar-refractivity contribution in [1.29, 1.82) is 5.26 Å². The van der Waals surface area contributed by atoms with Gasteiger partial charge in [-0.25, -0.2) is 8.78 Å². The van der Waals surface area contributed by atoms with E-state index in [1.165, 1.54) is 18.2 Å². The highest BCUT2D eigenvalue weighted by atomic mass is 35.5. The average molecular weight is 292 g/mol. The maximum Gasteiger partial charge on any atom is 0.145 e. The second-order valence-corrected chi connectivity index (χ2v) is 4.98. The highest BCUT2D eigenvalue weighted by molar-refractivity contribution is 6.30. The Kier molecular flexibility index (Phi) is 3.07. The van der Waals surface area contributed by atoms with E-state index in [-0.39, 0.29) is 10.6 Å². The second-order valence-electron chi connectivity index (χ2n) is 4.57. The van der Waals surface area contributed by atoms with Crippen molar-refractivity contribution >= 4 is 11.6 Å². The maximum atomic E-state index is 13.4. The van der Waals surface area contributed by atoms with Crippen LogP contribution in [0.25, 0.3) is 0 Å². The predicted molar refractivity (Wildman–Crippen MR) is 69.6 cm³/mol. The molecule has 100 valence electrons. The quantitative estimate of drug-likeness (QED) is 0.790. The van der Waals surface area contributed by atoms with Gasteiger partial charge in [0.2, 0.25) is 0 Å². The molecule has 0 saturated carbocycles. The zero-order chi connectivity index (χ0) is 14.3. The van der Waals surface area contributed by atoms with E-state index in [1.54, 1.807) is 6.07 Å². The zero-order valence-corrected chi connectivity index (χ0v) is 10.9. The van der Waals surface area contributed by atoms with Crippen molar-refractivity contribution in [3.63, 3.8) is 0 Å². The largest absolute Gasteiger partial charge is 0.485 e. The summed E-state index contributed by atoms with van der Waals surface area (Å²) in [4.78, 5) is 0. The van der Waals surface area contributed by atoms with E-state index in [0.717, 1.165) is 11.6 Å². The molecule has 0 saturated heterocycles. The fraction of sp³-hybridized carbons (Fsp3) is 0.133. The van der Waals surface area contributed by atoms with Crippen LogP contribution < -0.4 is 4.74 Å². The van der Waals surface area contributed by atoms with Crippen LogP contribution in [0.2, 0.25) is 5.02 Å². The van der Waals surface area contributed by atoms with Crippen LogP contribution in [0.4, 0.5) is 8.78 Å². The van der Waals surface area contributed by atoms with Crippen LogP contribution >= 0.6 is 11.6 Å². The zero-order valence-electron chi connectivity index (χ0n) is 10.2. The molecule has 2 aromatic rings. The SMILES string of the molecule is N#Cc1cc(F)cc(C2Cc3cc(Cl)c(F)cc3O2)c1. The number of fused-ring (bicyclic) bond motifs is 1. The topological polar surface area (TPSA) is 33.0 Å². The van der Waals surface area contributed by atoms with Gasteiger partial charge < -0.3 is 4.74 Å². The molecule has 1 heterocycles. The van der Waals surface area contributed by atoms with Gasteiger partial charge in [-0.2, -0.15) is 5.26 Å². The summed E-state index contributed by atoms with van der Waals surface area (Å²) in [5, 5.41) is 8.88. The van der Waals surface area contributed by atoms with Gasteiger partial charge in [-0.15, -0.1) is 0 Å². The lowest BCUT2D eigenvalue weighted by atomic mass is 10.0. The van der Waals surface area contributed by atoms with Crippen molar-refractivity contribution in [1.82, 2.24) is 0 Å². The molecule has 0 fully saturated rings. The van der Waals surface area contributed by atoms with Gasteiger partial charge in [0.1, 0.15) is 23.5 Å². The minimum atomic E-state index is -0.553. The summed E-state index contributed by atoms with van der Waals surface area (Å²) in [6, 6.07) is 8.67. The first-order valence-electron chi connectivity index (χ1n) is 5.92. The van der Waals surface area contributed by atoms with Crippen molar-refractivity contribution < 1.29 is 13.5 Å². The lowest BCUT2D eigenvalue weighted by Crippen LogP contribution is -2.04. The van der Waals surface area contributed by atoms with Gasteiger partial charge in [0.25, 0.3) is 0 Å². The second kappa shape index (κ2) is 4.77. The summed E-state index contributed by atoms with van der Waals surface area (Å²) in [6.07, 6.45) is 0.0228. The van der Waals surface area contributed by atoms with Crippen LogP contribution in [-0.2, 0) is 6.42 Å². The van der Waals surface area contributed by atoms with Crippen molar-refractivity contribution in [2.75, 3.05) is 0 Å². The van der Waals surface area contributed by atoms with Crippen LogP contribution in [0, 0.1) is 23.0 Å². The standard InChI is InChI=1S/C15H8ClF2NO/c16-12-4-10-5-14(20-15(10)6-13(12)18)9-1-8(7-19)2-11(17)3-9/h1-4,6,14H,5H2. The van der Waals surface area contributed by atoms with Gasteiger partial charge in [-0.3, -0.25) is 0 Å². The summed E-state index contributed by atoms with van der Waals surface area (Å²) >= 11 is 5.73. The summed E-state index contributed by atoms with van der Waals surface area (Å²) in [5.41, 5.74) is 1.54. The molecule has 0 spiro atoms. The molecule has 0 N–H and O–H groups in total. The Morgan fingerprint density at radius 1 is 1.20 bits per heavy atom. The smallest absolute Gasteiger partial charge is 0.145 e. The monoisotopic (exact) mass is 291 g/mol. The van der Waals surface area contributed by atoms with Gasteiger partial charge in [0, 0.05) is 12.5 Å². The molecule has 1 unspecified atom stereocenters. The molecule has 20 heavy (non-hydrogen) atoms. The highest BCUT2D eigenvalue weighted by Crippen LogP contribution is 2.39. The summed E-state index contributed by atoms with van der Waals surface area (Å²) in [5.74, 6) is -0.648. The lowest BCUT2D eigenvalue weighted by Gasteiger charge is -2.11. The van der Waals surface area contributed by atoms with Crippen LogP contribution in [0.3, 0.4) is 0 Å². The lowest BCUT2D eigenvalue weighted by molar-refractivity contribution is 0.237. The number of nitriles is 1. The molecule has 0 bridgehead atoms.